The van der Waals surface area contributed by atoms with Crippen LogP contribution in [0.2, 0.25) is 0 Å². The molecule has 4 nitrogen and oxygen atoms in total. The van der Waals surface area contributed by atoms with E-state index in [0.29, 0.717) is 6.54 Å². The molecule has 1 aliphatic rings. The number of unbranched alkanes of at least 4 members (excludes halogenated alkanes) is 15. The van der Waals surface area contributed by atoms with Gasteiger partial charge in [0, 0.05) is 6.54 Å². The molecule has 0 aromatic rings. The molecule has 2 amide bonds. The third-order valence-electron chi connectivity index (χ3n) is 5.34. The Morgan fingerprint density at radius 1 is 0.741 bits per heavy atom. The maximum atomic E-state index is 11.8. The first-order chi connectivity index (χ1) is 13.1. The highest BCUT2D eigenvalue weighted by Gasteiger charge is 2.27. The van der Waals surface area contributed by atoms with Crippen molar-refractivity contribution >= 4 is 29.1 Å². The molecular formula is C22H40N2O2S. The lowest BCUT2D eigenvalue weighted by molar-refractivity contribution is -0.134. The Morgan fingerprint density at radius 3 is 1.56 bits per heavy atom. The predicted molar refractivity (Wildman–Crippen MR) is 117 cm³/mol. The second kappa shape index (κ2) is 16.0. The van der Waals surface area contributed by atoms with E-state index >= 15 is 0 Å². The van der Waals surface area contributed by atoms with E-state index in [4.69, 9.17) is 12.2 Å². The van der Waals surface area contributed by atoms with Gasteiger partial charge in [0.05, 0.1) is 0 Å². The molecule has 156 valence electrons. The van der Waals surface area contributed by atoms with Gasteiger partial charge in [-0.05, 0) is 18.6 Å². The normalized spacial score (nSPS) is 14.7. The van der Waals surface area contributed by atoms with E-state index in [2.05, 4.69) is 12.2 Å². The van der Waals surface area contributed by atoms with Gasteiger partial charge in [0.1, 0.15) is 6.42 Å². The van der Waals surface area contributed by atoms with Crippen LogP contribution in [0.3, 0.4) is 0 Å². The molecule has 1 N–H and O–H groups in total. The molecule has 0 atom stereocenters. The van der Waals surface area contributed by atoms with Crippen molar-refractivity contribution in [3.05, 3.63) is 0 Å². The molecule has 0 aliphatic carbocycles. The van der Waals surface area contributed by atoms with Gasteiger partial charge >= 0.3 is 0 Å². The summed E-state index contributed by atoms with van der Waals surface area (Å²) in [6.45, 7) is 2.91. The Hall–Kier alpha value is -0.970. The van der Waals surface area contributed by atoms with Gasteiger partial charge < -0.3 is 5.32 Å². The monoisotopic (exact) mass is 396 g/mol. The number of nitrogens with zero attached hydrogens (tertiary/aromatic N) is 1. The molecule has 1 saturated heterocycles. The Labute approximate surface area is 171 Å². The maximum absolute atomic E-state index is 11.8. The molecule has 0 aromatic heterocycles. The van der Waals surface area contributed by atoms with Crippen molar-refractivity contribution in [1.82, 2.24) is 10.2 Å². The third-order valence-corrected chi connectivity index (χ3v) is 5.66. The second-order valence-corrected chi connectivity index (χ2v) is 8.27. The lowest BCUT2D eigenvalue weighted by Gasteiger charge is -2.27. The zero-order valence-electron chi connectivity index (χ0n) is 17.4. The number of rotatable bonds is 17. The molecule has 0 spiro atoms. The average molecular weight is 397 g/mol. The van der Waals surface area contributed by atoms with Gasteiger partial charge in [-0.25, -0.2) is 0 Å². The number of nitrogens with one attached hydrogen (secondary N) is 1. The first-order valence-electron chi connectivity index (χ1n) is 11.3. The van der Waals surface area contributed by atoms with Gasteiger partial charge in [-0.2, -0.15) is 0 Å². The fourth-order valence-corrected chi connectivity index (χ4v) is 3.93. The fourth-order valence-electron chi connectivity index (χ4n) is 3.62. The van der Waals surface area contributed by atoms with Crippen LogP contribution in [0.4, 0.5) is 0 Å². The minimum Gasteiger partial charge on any atom is -0.302 e. The number of amides is 2. The molecule has 1 aliphatic heterocycles. The summed E-state index contributed by atoms with van der Waals surface area (Å²) in [6.07, 6.45) is 21.3. The summed E-state index contributed by atoms with van der Waals surface area (Å²) in [6, 6.07) is 0. The Bertz CT molecular complexity index is 420. The number of thiocarbonyl (C=S) groups is 1. The number of carbonyl (C=O) groups excluding carboxylic acids is 2. The van der Waals surface area contributed by atoms with Gasteiger partial charge in [-0.1, -0.05) is 103 Å². The Balaban J connectivity index is 1.81. The smallest absolute Gasteiger partial charge is 0.238 e. The largest absolute Gasteiger partial charge is 0.302 e. The fraction of sp³-hybridized carbons (Fsp3) is 0.864. The molecule has 0 unspecified atom stereocenters. The standard InChI is InChI=1S/C22H40N2O2S/c1-2-3-4-5-6-7-8-9-10-11-12-13-14-15-16-17-18-24-21(26)19-20(25)23-22(24)27/h2-19H2,1H3,(H,23,25,27). The van der Waals surface area contributed by atoms with E-state index in [1.54, 1.807) is 4.90 Å². The van der Waals surface area contributed by atoms with Crippen molar-refractivity contribution in [2.24, 2.45) is 0 Å². The van der Waals surface area contributed by atoms with Crippen LogP contribution in [-0.4, -0.2) is 28.4 Å². The highest BCUT2D eigenvalue weighted by atomic mass is 32.1. The molecule has 0 saturated carbocycles. The topological polar surface area (TPSA) is 49.4 Å². The number of carbonyl (C=O) groups is 2. The van der Waals surface area contributed by atoms with Gasteiger partial charge in [0.15, 0.2) is 5.11 Å². The molecule has 27 heavy (non-hydrogen) atoms. The molecular weight excluding hydrogens is 356 g/mol. The minimum absolute atomic E-state index is 0.0704. The average Bonchev–Trinajstić information content (AvgIpc) is 2.63. The highest BCUT2D eigenvalue weighted by molar-refractivity contribution is 7.80. The lowest BCUT2D eigenvalue weighted by atomic mass is 10.0. The molecule has 1 rings (SSSR count). The van der Waals surface area contributed by atoms with Gasteiger partial charge in [0.2, 0.25) is 11.8 Å². The molecule has 1 fully saturated rings. The van der Waals surface area contributed by atoms with Gasteiger partial charge in [-0.15, -0.1) is 0 Å². The van der Waals surface area contributed by atoms with Crippen LogP contribution < -0.4 is 5.32 Å². The van der Waals surface area contributed by atoms with E-state index in [1.807, 2.05) is 0 Å². The van der Waals surface area contributed by atoms with Crippen LogP contribution in [0.15, 0.2) is 0 Å². The quantitative estimate of drug-likeness (QED) is 0.190. The van der Waals surface area contributed by atoms with E-state index in [-0.39, 0.29) is 23.3 Å². The maximum Gasteiger partial charge on any atom is 0.238 e. The summed E-state index contributed by atoms with van der Waals surface area (Å²) in [5, 5.41) is 2.84. The highest BCUT2D eigenvalue weighted by Crippen LogP contribution is 2.14. The van der Waals surface area contributed by atoms with Crippen molar-refractivity contribution in [2.75, 3.05) is 6.54 Å². The van der Waals surface area contributed by atoms with Gasteiger partial charge in [0.25, 0.3) is 0 Å². The van der Waals surface area contributed by atoms with Crippen LogP contribution in [0.5, 0.6) is 0 Å². The van der Waals surface area contributed by atoms with E-state index in [0.717, 1.165) is 12.8 Å². The van der Waals surface area contributed by atoms with Crippen LogP contribution in [0.25, 0.3) is 0 Å². The summed E-state index contributed by atoms with van der Waals surface area (Å²) < 4.78 is 0. The van der Waals surface area contributed by atoms with Crippen LogP contribution in [0, 0.1) is 0 Å². The van der Waals surface area contributed by atoms with Crippen molar-refractivity contribution in [1.29, 1.82) is 0 Å². The zero-order chi connectivity index (χ0) is 19.7. The Kier molecular flexibility index (Phi) is 14.3. The summed E-state index contributed by atoms with van der Waals surface area (Å²) in [5.74, 6) is -0.446. The Morgan fingerprint density at radius 2 is 1.15 bits per heavy atom. The van der Waals surface area contributed by atoms with Gasteiger partial charge in [-0.3, -0.25) is 14.5 Å². The number of hydrogen-bond donors (Lipinski definition) is 1. The first kappa shape index (κ1) is 24.1. The zero-order valence-corrected chi connectivity index (χ0v) is 18.2. The van der Waals surface area contributed by atoms with Crippen LogP contribution in [-0.2, 0) is 9.59 Å². The van der Waals surface area contributed by atoms with E-state index in [1.165, 1.54) is 89.9 Å². The SMILES string of the molecule is CCCCCCCCCCCCCCCCCCN1C(=O)CC(=O)NC1=S. The van der Waals surface area contributed by atoms with E-state index < -0.39 is 0 Å². The lowest BCUT2D eigenvalue weighted by Crippen LogP contribution is -2.52. The molecule has 0 bridgehead atoms. The van der Waals surface area contributed by atoms with Crippen molar-refractivity contribution in [3.8, 4) is 0 Å². The second-order valence-electron chi connectivity index (χ2n) is 7.88. The molecule has 1 heterocycles. The van der Waals surface area contributed by atoms with Crippen molar-refractivity contribution in [2.45, 2.75) is 116 Å². The van der Waals surface area contributed by atoms with Crippen molar-refractivity contribution < 1.29 is 9.59 Å². The van der Waals surface area contributed by atoms with Crippen molar-refractivity contribution in [3.63, 3.8) is 0 Å². The summed E-state index contributed by atoms with van der Waals surface area (Å²) >= 11 is 5.06. The summed E-state index contributed by atoms with van der Waals surface area (Å²) in [5.41, 5.74) is 0. The predicted octanol–water partition coefficient (Wildman–Crippen LogP) is 5.88. The minimum atomic E-state index is -0.284. The summed E-state index contributed by atoms with van der Waals surface area (Å²) in [4.78, 5) is 24.5. The van der Waals surface area contributed by atoms with Crippen LogP contribution in [0.1, 0.15) is 116 Å². The molecule has 0 radical (unpaired) electrons. The van der Waals surface area contributed by atoms with Crippen LogP contribution >= 0.6 is 12.2 Å². The van der Waals surface area contributed by atoms with E-state index in [9.17, 15) is 9.59 Å². The summed E-state index contributed by atoms with van der Waals surface area (Å²) in [7, 11) is 0. The molecule has 5 heteroatoms. The first-order valence-corrected chi connectivity index (χ1v) is 11.7. The molecule has 0 aromatic carbocycles. The number of hydrogen-bond acceptors (Lipinski definition) is 3. The third kappa shape index (κ3) is 12.2.